The molecule has 0 bridgehead atoms. The minimum absolute atomic E-state index is 0.133. The Morgan fingerprint density at radius 1 is 0.871 bits per heavy atom. The predicted octanol–water partition coefficient (Wildman–Crippen LogP) is 3.81. The summed E-state index contributed by atoms with van der Waals surface area (Å²) in [6, 6.07) is 13.4. The van der Waals surface area contributed by atoms with Gasteiger partial charge in [-0.1, -0.05) is 41.5 Å². The number of pyridine rings is 1. The predicted molar refractivity (Wildman–Crippen MR) is 121 cm³/mol. The second-order valence-electron chi connectivity index (χ2n) is 7.71. The Balaban J connectivity index is 2.00. The molecular weight excluding hydrogens is 432 g/mol. The molecule has 3 aromatic rings. The molecule has 31 heavy (non-hydrogen) atoms. The number of nitrogens with one attached hydrogen (secondary N) is 1. The van der Waals surface area contributed by atoms with Gasteiger partial charge in [-0.3, -0.25) is 4.98 Å². The van der Waals surface area contributed by atoms with Gasteiger partial charge in [-0.2, -0.15) is 0 Å². The van der Waals surface area contributed by atoms with Crippen LogP contribution in [0.1, 0.15) is 33.1 Å². The van der Waals surface area contributed by atoms with Gasteiger partial charge >= 0.3 is 0 Å². The first-order valence-electron chi connectivity index (χ1n) is 9.80. The van der Waals surface area contributed by atoms with Gasteiger partial charge in [0.1, 0.15) is 5.25 Å². The van der Waals surface area contributed by atoms with E-state index in [4.69, 9.17) is 0 Å². The summed E-state index contributed by atoms with van der Waals surface area (Å²) in [6.45, 7) is 6.93. The second-order valence-corrected chi connectivity index (χ2v) is 11.5. The Hall–Kier alpha value is -2.55. The van der Waals surface area contributed by atoms with Crippen LogP contribution >= 0.6 is 0 Å². The Kier molecular flexibility index (Phi) is 6.64. The van der Waals surface area contributed by atoms with Crippen LogP contribution in [-0.4, -0.2) is 28.4 Å². The monoisotopic (exact) mass is 458 g/mol. The van der Waals surface area contributed by atoms with Crippen molar-refractivity contribution in [2.45, 2.75) is 42.7 Å². The van der Waals surface area contributed by atoms with Crippen LogP contribution in [0.3, 0.4) is 0 Å². The van der Waals surface area contributed by atoms with E-state index >= 15 is 0 Å². The molecule has 1 unspecified atom stereocenters. The van der Waals surface area contributed by atoms with Crippen molar-refractivity contribution in [1.29, 1.82) is 0 Å². The minimum atomic E-state index is -3.93. The van der Waals surface area contributed by atoms with Crippen molar-refractivity contribution in [3.8, 4) is 0 Å². The van der Waals surface area contributed by atoms with Gasteiger partial charge in [0.25, 0.3) is 0 Å². The highest BCUT2D eigenvalue weighted by molar-refractivity contribution is 7.92. The van der Waals surface area contributed by atoms with Crippen LogP contribution in [0.15, 0.2) is 70.7 Å². The molecule has 0 spiro atoms. The van der Waals surface area contributed by atoms with Gasteiger partial charge < -0.3 is 0 Å². The number of nitrogens with zero attached hydrogens (tertiary/aromatic N) is 1. The standard InChI is InChI=1S/C23H26N2O4S2/c1-16-7-9-21(10-8-16)30(26,27)22(20-6-5-11-24-14-20)15-25-31(28,29)23-18(3)12-17(2)13-19(23)4/h5-14,22,25H,15H2,1-4H3. The third kappa shape index (κ3) is 5.03. The fourth-order valence-electron chi connectivity index (χ4n) is 3.71. The molecule has 0 aliphatic heterocycles. The molecule has 8 heteroatoms. The highest BCUT2D eigenvalue weighted by Crippen LogP contribution is 2.29. The van der Waals surface area contributed by atoms with Crippen LogP contribution in [0.4, 0.5) is 0 Å². The average Bonchev–Trinajstić information content (AvgIpc) is 2.68. The number of aromatic nitrogens is 1. The zero-order valence-corrected chi connectivity index (χ0v) is 19.6. The van der Waals surface area contributed by atoms with Gasteiger partial charge in [-0.15, -0.1) is 0 Å². The molecule has 0 saturated heterocycles. The van der Waals surface area contributed by atoms with E-state index < -0.39 is 25.1 Å². The van der Waals surface area contributed by atoms with Crippen molar-refractivity contribution < 1.29 is 16.8 Å². The molecule has 3 rings (SSSR count). The van der Waals surface area contributed by atoms with Gasteiger partial charge in [-0.05, 0) is 62.6 Å². The number of rotatable bonds is 7. The van der Waals surface area contributed by atoms with Gasteiger partial charge in [-0.25, -0.2) is 21.6 Å². The topological polar surface area (TPSA) is 93.2 Å². The maximum absolute atomic E-state index is 13.4. The quantitative estimate of drug-likeness (QED) is 0.581. The molecule has 6 nitrogen and oxygen atoms in total. The number of hydrogen-bond donors (Lipinski definition) is 1. The number of aryl methyl sites for hydroxylation is 4. The van der Waals surface area contributed by atoms with E-state index in [1.165, 1.54) is 18.3 Å². The van der Waals surface area contributed by atoms with Crippen molar-refractivity contribution in [2.24, 2.45) is 0 Å². The zero-order chi connectivity index (χ0) is 22.8. The van der Waals surface area contributed by atoms with Crippen molar-refractivity contribution in [2.75, 3.05) is 6.54 Å². The maximum atomic E-state index is 13.4. The third-order valence-corrected chi connectivity index (χ3v) is 8.96. The summed E-state index contributed by atoms with van der Waals surface area (Å²) in [5.74, 6) is 0. The van der Waals surface area contributed by atoms with E-state index in [1.54, 1.807) is 56.4 Å². The summed E-state index contributed by atoms with van der Waals surface area (Å²) in [7, 11) is -7.79. The molecule has 0 radical (unpaired) electrons. The van der Waals surface area contributed by atoms with Gasteiger partial charge in [0.2, 0.25) is 10.0 Å². The van der Waals surface area contributed by atoms with Crippen LogP contribution in [0.5, 0.6) is 0 Å². The van der Waals surface area contributed by atoms with E-state index in [-0.39, 0.29) is 16.3 Å². The summed E-state index contributed by atoms with van der Waals surface area (Å²) < 4.78 is 55.6. The largest absolute Gasteiger partial charge is 0.264 e. The number of benzene rings is 2. The third-order valence-electron chi connectivity index (χ3n) is 5.11. The lowest BCUT2D eigenvalue weighted by Gasteiger charge is -2.20. The molecule has 1 aromatic heterocycles. The number of sulfone groups is 1. The molecule has 1 heterocycles. The smallest absolute Gasteiger partial charge is 0.241 e. The molecule has 0 saturated carbocycles. The first-order chi connectivity index (χ1) is 14.5. The van der Waals surface area contributed by atoms with E-state index in [2.05, 4.69) is 9.71 Å². The van der Waals surface area contributed by atoms with E-state index in [0.29, 0.717) is 16.7 Å². The summed E-state index contributed by atoms with van der Waals surface area (Å²) >= 11 is 0. The Bertz CT molecular complexity index is 1260. The van der Waals surface area contributed by atoms with Crippen LogP contribution in [-0.2, 0) is 19.9 Å². The van der Waals surface area contributed by atoms with Crippen molar-refractivity contribution in [3.05, 3.63) is 88.7 Å². The molecule has 0 aliphatic carbocycles. The highest BCUT2D eigenvalue weighted by atomic mass is 32.2. The summed E-state index contributed by atoms with van der Waals surface area (Å²) in [5.41, 5.74) is 3.55. The molecule has 2 aromatic carbocycles. The Morgan fingerprint density at radius 3 is 2.03 bits per heavy atom. The van der Waals surface area contributed by atoms with E-state index in [0.717, 1.165) is 11.1 Å². The number of sulfonamides is 1. The zero-order valence-electron chi connectivity index (χ0n) is 18.0. The molecule has 0 amide bonds. The molecule has 0 fully saturated rings. The lowest BCUT2D eigenvalue weighted by Crippen LogP contribution is -2.32. The average molecular weight is 459 g/mol. The lowest BCUT2D eigenvalue weighted by atomic mass is 10.1. The van der Waals surface area contributed by atoms with Crippen molar-refractivity contribution in [3.63, 3.8) is 0 Å². The van der Waals surface area contributed by atoms with Crippen LogP contribution in [0.2, 0.25) is 0 Å². The normalized spacial score (nSPS) is 13.2. The lowest BCUT2D eigenvalue weighted by molar-refractivity contribution is 0.568. The van der Waals surface area contributed by atoms with E-state index in [9.17, 15) is 16.8 Å². The summed E-state index contributed by atoms with van der Waals surface area (Å²) in [4.78, 5) is 4.34. The van der Waals surface area contributed by atoms with Crippen LogP contribution < -0.4 is 4.72 Å². The second kappa shape index (κ2) is 8.90. The summed E-state index contributed by atoms with van der Waals surface area (Å²) in [6.07, 6.45) is 3.00. The fourth-order valence-corrected chi connectivity index (χ4v) is 6.96. The van der Waals surface area contributed by atoms with Crippen LogP contribution in [0, 0.1) is 27.7 Å². The first-order valence-corrected chi connectivity index (χ1v) is 12.8. The van der Waals surface area contributed by atoms with Gasteiger partial charge in [0.15, 0.2) is 9.84 Å². The van der Waals surface area contributed by atoms with Crippen molar-refractivity contribution in [1.82, 2.24) is 9.71 Å². The minimum Gasteiger partial charge on any atom is -0.264 e. The van der Waals surface area contributed by atoms with Gasteiger partial charge in [0.05, 0.1) is 9.79 Å². The highest BCUT2D eigenvalue weighted by Gasteiger charge is 2.31. The number of hydrogen-bond acceptors (Lipinski definition) is 5. The van der Waals surface area contributed by atoms with Crippen LogP contribution in [0.25, 0.3) is 0 Å². The SMILES string of the molecule is Cc1ccc(S(=O)(=O)C(CNS(=O)(=O)c2c(C)cc(C)cc2C)c2cccnc2)cc1. The maximum Gasteiger partial charge on any atom is 0.241 e. The Morgan fingerprint density at radius 2 is 1.48 bits per heavy atom. The van der Waals surface area contributed by atoms with E-state index in [1.807, 2.05) is 13.8 Å². The first kappa shape index (κ1) is 23.1. The molecule has 0 aliphatic rings. The van der Waals surface area contributed by atoms with Crippen molar-refractivity contribution >= 4 is 19.9 Å². The molecule has 1 N–H and O–H groups in total. The summed E-state index contributed by atoms with van der Waals surface area (Å²) in [5, 5.41) is -1.12. The Labute approximate surface area is 184 Å². The van der Waals surface area contributed by atoms with Gasteiger partial charge in [0, 0.05) is 18.9 Å². The molecular formula is C23H26N2O4S2. The molecule has 164 valence electrons. The fraction of sp³-hybridized carbons (Fsp3) is 0.261. The molecule has 1 atom stereocenters.